The molecule has 8 heteroatoms. The number of halogens is 2. The van der Waals surface area contributed by atoms with E-state index in [9.17, 15) is 13.6 Å². The van der Waals surface area contributed by atoms with Crippen LogP contribution in [-0.2, 0) is 24.9 Å². The van der Waals surface area contributed by atoms with Crippen molar-refractivity contribution in [2.45, 2.75) is 13.1 Å². The van der Waals surface area contributed by atoms with E-state index in [0.29, 0.717) is 25.2 Å². The van der Waals surface area contributed by atoms with E-state index in [1.165, 1.54) is 18.5 Å². The van der Waals surface area contributed by atoms with Gasteiger partial charge in [0.2, 0.25) is 5.91 Å². The highest BCUT2D eigenvalue weighted by Gasteiger charge is 2.25. The third kappa shape index (κ3) is 3.53. The number of amides is 1. The molecule has 1 aromatic heterocycles. The third-order valence-electron chi connectivity index (χ3n) is 3.94. The molecule has 2 heterocycles. The van der Waals surface area contributed by atoms with Gasteiger partial charge in [0, 0.05) is 38.3 Å². The maximum absolute atomic E-state index is 13.7. The highest BCUT2D eigenvalue weighted by atomic mass is 19.1. The molecule has 1 fully saturated rings. The van der Waals surface area contributed by atoms with Gasteiger partial charge in [-0.05, 0) is 6.07 Å². The standard InChI is InChI=1S/C15H17F2N5O/c1-20-14(18-10-19-20)8-21-4-5-22(15(23)9-21)7-11-2-3-12(16)6-13(11)17/h2-3,6,10H,4-5,7-9H2,1H3. The Hall–Kier alpha value is -2.35. The fourth-order valence-corrected chi connectivity index (χ4v) is 2.58. The van der Waals surface area contributed by atoms with Gasteiger partial charge >= 0.3 is 0 Å². The molecule has 3 rings (SSSR count). The first-order valence-electron chi connectivity index (χ1n) is 7.30. The van der Waals surface area contributed by atoms with Gasteiger partial charge in [-0.2, -0.15) is 5.10 Å². The number of nitrogens with zero attached hydrogens (tertiary/aromatic N) is 5. The van der Waals surface area contributed by atoms with Gasteiger partial charge in [-0.1, -0.05) is 6.07 Å². The van der Waals surface area contributed by atoms with E-state index >= 15 is 0 Å². The monoisotopic (exact) mass is 321 g/mol. The molecule has 0 bridgehead atoms. The van der Waals surface area contributed by atoms with Crippen molar-refractivity contribution in [3.05, 3.63) is 47.5 Å². The lowest BCUT2D eigenvalue weighted by molar-refractivity contribution is -0.137. The Morgan fingerprint density at radius 2 is 2.04 bits per heavy atom. The van der Waals surface area contributed by atoms with Crippen LogP contribution in [0, 0.1) is 11.6 Å². The van der Waals surface area contributed by atoms with Crippen LogP contribution < -0.4 is 0 Å². The fraction of sp³-hybridized carbons (Fsp3) is 0.400. The summed E-state index contributed by atoms with van der Waals surface area (Å²) < 4.78 is 28.3. The highest BCUT2D eigenvalue weighted by Crippen LogP contribution is 2.15. The molecule has 0 unspecified atom stereocenters. The first-order chi connectivity index (χ1) is 11.0. The summed E-state index contributed by atoms with van der Waals surface area (Å²) in [7, 11) is 1.80. The Labute approximate surface area is 132 Å². The summed E-state index contributed by atoms with van der Waals surface area (Å²) in [5.41, 5.74) is 0.321. The number of hydrogen-bond donors (Lipinski definition) is 0. The van der Waals surface area contributed by atoms with Gasteiger partial charge in [0.1, 0.15) is 23.8 Å². The minimum atomic E-state index is -0.626. The van der Waals surface area contributed by atoms with Crippen molar-refractivity contribution in [3.63, 3.8) is 0 Å². The summed E-state index contributed by atoms with van der Waals surface area (Å²) in [4.78, 5) is 20.0. The molecule has 6 nitrogen and oxygen atoms in total. The zero-order chi connectivity index (χ0) is 16.4. The van der Waals surface area contributed by atoms with Gasteiger partial charge in [-0.15, -0.1) is 0 Å². The number of carbonyl (C=O) groups is 1. The molecule has 0 radical (unpaired) electrons. The number of aryl methyl sites for hydroxylation is 1. The number of hydrogen-bond acceptors (Lipinski definition) is 4. The van der Waals surface area contributed by atoms with Crippen molar-refractivity contribution in [3.8, 4) is 0 Å². The summed E-state index contributed by atoms with van der Waals surface area (Å²) in [6, 6.07) is 3.42. The molecule has 0 N–H and O–H groups in total. The lowest BCUT2D eigenvalue weighted by atomic mass is 10.1. The van der Waals surface area contributed by atoms with Crippen molar-refractivity contribution in [1.82, 2.24) is 24.6 Å². The summed E-state index contributed by atoms with van der Waals surface area (Å²) in [5, 5.41) is 4.00. The van der Waals surface area contributed by atoms with Crippen LogP contribution in [0.4, 0.5) is 8.78 Å². The SMILES string of the molecule is Cn1ncnc1CN1CCN(Cc2ccc(F)cc2F)C(=O)C1. The molecule has 1 aliphatic rings. The summed E-state index contributed by atoms with van der Waals surface area (Å²) in [6.45, 7) is 2.11. The molecule has 1 saturated heterocycles. The minimum Gasteiger partial charge on any atom is -0.336 e. The van der Waals surface area contributed by atoms with Crippen LogP contribution in [0.5, 0.6) is 0 Å². The smallest absolute Gasteiger partial charge is 0.237 e. The Bertz CT molecular complexity index is 718. The van der Waals surface area contributed by atoms with Crippen LogP contribution in [0.15, 0.2) is 24.5 Å². The Morgan fingerprint density at radius 1 is 1.22 bits per heavy atom. The van der Waals surface area contributed by atoms with Gasteiger partial charge < -0.3 is 4.90 Å². The van der Waals surface area contributed by atoms with E-state index in [-0.39, 0.29) is 19.0 Å². The average Bonchev–Trinajstić information content (AvgIpc) is 2.90. The summed E-state index contributed by atoms with van der Waals surface area (Å²) in [6.07, 6.45) is 1.48. The number of piperazine rings is 1. The molecular weight excluding hydrogens is 304 g/mol. The predicted molar refractivity (Wildman–Crippen MR) is 78.1 cm³/mol. The molecule has 1 amide bonds. The van der Waals surface area contributed by atoms with E-state index in [1.807, 2.05) is 4.90 Å². The molecule has 23 heavy (non-hydrogen) atoms. The van der Waals surface area contributed by atoms with E-state index in [4.69, 9.17) is 0 Å². The van der Waals surface area contributed by atoms with Gasteiger partial charge in [0.05, 0.1) is 13.1 Å². The van der Waals surface area contributed by atoms with Crippen LogP contribution in [0.25, 0.3) is 0 Å². The van der Waals surface area contributed by atoms with Crippen LogP contribution in [0.3, 0.4) is 0 Å². The van der Waals surface area contributed by atoms with Crippen LogP contribution in [0.1, 0.15) is 11.4 Å². The van der Waals surface area contributed by atoms with Crippen molar-refractivity contribution < 1.29 is 13.6 Å². The van der Waals surface area contributed by atoms with Crippen LogP contribution in [-0.4, -0.2) is 50.1 Å². The molecular formula is C15H17F2N5O. The largest absolute Gasteiger partial charge is 0.336 e. The summed E-state index contributed by atoms with van der Waals surface area (Å²) >= 11 is 0. The average molecular weight is 321 g/mol. The molecule has 1 aromatic carbocycles. The van der Waals surface area contributed by atoms with E-state index < -0.39 is 11.6 Å². The second kappa shape index (κ2) is 6.41. The maximum atomic E-state index is 13.7. The Balaban J connectivity index is 1.60. The zero-order valence-electron chi connectivity index (χ0n) is 12.7. The molecule has 0 atom stereocenters. The second-order valence-electron chi connectivity index (χ2n) is 5.56. The lowest BCUT2D eigenvalue weighted by Gasteiger charge is -2.34. The molecule has 0 saturated carbocycles. The second-order valence-corrected chi connectivity index (χ2v) is 5.56. The molecule has 0 spiro atoms. The number of benzene rings is 1. The first kappa shape index (κ1) is 15.5. The zero-order valence-corrected chi connectivity index (χ0v) is 12.7. The highest BCUT2D eigenvalue weighted by molar-refractivity contribution is 5.79. The van der Waals surface area contributed by atoms with E-state index in [0.717, 1.165) is 11.9 Å². The van der Waals surface area contributed by atoms with Crippen molar-refractivity contribution in [1.29, 1.82) is 0 Å². The van der Waals surface area contributed by atoms with Crippen LogP contribution >= 0.6 is 0 Å². The Morgan fingerprint density at radius 3 is 2.70 bits per heavy atom. The maximum Gasteiger partial charge on any atom is 0.237 e. The van der Waals surface area contributed by atoms with E-state index in [2.05, 4.69) is 10.1 Å². The minimum absolute atomic E-state index is 0.0813. The van der Waals surface area contributed by atoms with Crippen molar-refractivity contribution >= 4 is 5.91 Å². The molecule has 0 aliphatic carbocycles. The number of aromatic nitrogens is 3. The van der Waals surface area contributed by atoms with E-state index in [1.54, 1.807) is 16.6 Å². The predicted octanol–water partition coefficient (Wildman–Crippen LogP) is 0.938. The summed E-state index contributed by atoms with van der Waals surface area (Å²) in [5.74, 6) is -0.539. The first-order valence-corrected chi connectivity index (χ1v) is 7.30. The molecule has 1 aliphatic heterocycles. The topological polar surface area (TPSA) is 54.3 Å². The van der Waals surface area contributed by atoms with Gasteiger partial charge in [0.15, 0.2) is 0 Å². The molecule has 122 valence electrons. The third-order valence-corrected chi connectivity index (χ3v) is 3.94. The van der Waals surface area contributed by atoms with Gasteiger partial charge in [-0.3, -0.25) is 14.4 Å². The van der Waals surface area contributed by atoms with Crippen LogP contribution in [0.2, 0.25) is 0 Å². The molecule has 2 aromatic rings. The number of carbonyl (C=O) groups excluding carboxylic acids is 1. The van der Waals surface area contributed by atoms with Gasteiger partial charge in [-0.25, -0.2) is 13.8 Å². The quantitative estimate of drug-likeness (QED) is 0.841. The fourth-order valence-electron chi connectivity index (χ4n) is 2.58. The van der Waals surface area contributed by atoms with Crippen molar-refractivity contribution in [2.75, 3.05) is 19.6 Å². The normalized spacial score (nSPS) is 16.1. The lowest BCUT2D eigenvalue weighted by Crippen LogP contribution is -2.49. The Kier molecular flexibility index (Phi) is 4.33. The number of rotatable bonds is 4. The van der Waals surface area contributed by atoms with Crippen molar-refractivity contribution in [2.24, 2.45) is 7.05 Å². The van der Waals surface area contributed by atoms with Gasteiger partial charge in [0.25, 0.3) is 0 Å².